The number of hydrogen-bond donors (Lipinski definition) is 0. The summed E-state index contributed by atoms with van der Waals surface area (Å²) in [6.45, 7) is 3.94. The van der Waals surface area contributed by atoms with E-state index in [1.165, 1.54) is 24.5 Å². The van der Waals surface area contributed by atoms with Crippen molar-refractivity contribution in [1.29, 1.82) is 0 Å². The van der Waals surface area contributed by atoms with Gasteiger partial charge < -0.3 is 4.74 Å². The van der Waals surface area contributed by atoms with Crippen molar-refractivity contribution in [3.05, 3.63) is 40.9 Å². The molecule has 0 radical (unpaired) electrons. The number of aryl methyl sites for hydroxylation is 1. The molecule has 0 spiro atoms. The monoisotopic (exact) mass is 344 g/mol. The summed E-state index contributed by atoms with van der Waals surface area (Å²) in [6, 6.07) is 4.69. The van der Waals surface area contributed by atoms with Crippen molar-refractivity contribution >= 4 is 26.0 Å². The number of benzene rings is 1. The first-order chi connectivity index (χ1) is 8.96. The van der Waals surface area contributed by atoms with Gasteiger partial charge in [-0.3, -0.25) is 0 Å². The van der Waals surface area contributed by atoms with Gasteiger partial charge in [-0.1, -0.05) is 0 Å². The average molecular weight is 345 g/mol. The SMILES string of the molecule is CCOc1cc(S(=O)(=O)n2ccnc2C)ccc1Br. The van der Waals surface area contributed by atoms with Crippen molar-refractivity contribution in [2.75, 3.05) is 6.61 Å². The fourth-order valence-corrected chi connectivity index (χ4v) is 3.34. The predicted molar refractivity (Wildman–Crippen MR) is 74.9 cm³/mol. The third-order valence-electron chi connectivity index (χ3n) is 2.54. The second kappa shape index (κ2) is 5.34. The summed E-state index contributed by atoms with van der Waals surface area (Å²) in [5, 5.41) is 0. The Labute approximate surface area is 120 Å². The summed E-state index contributed by atoms with van der Waals surface area (Å²) >= 11 is 3.32. The largest absolute Gasteiger partial charge is 0.493 e. The van der Waals surface area contributed by atoms with E-state index in [4.69, 9.17) is 4.74 Å². The van der Waals surface area contributed by atoms with Crippen molar-refractivity contribution in [2.45, 2.75) is 18.7 Å². The van der Waals surface area contributed by atoms with E-state index in [0.717, 1.165) is 8.45 Å². The van der Waals surface area contributed by atoms with Gasteiger partial charge in [-0.05, 0) is 41.9 Å². The van der Waals surface area contributed by atoms with Crippen LogP contribution in [0.5, 0.6) is 5.75 Å². The normalized spacial score (nSPS) is 11.5. The molecule has 5 nitrogen and oxygen atoms in total. The highest BCUT2D eigenvalue weighted by Gasteiger charge is 2.20. The summed E-state index contributed by atoms with van der Waals surface area (Å²) in [7, 11) is -3.63. The standard InChI is InChI=1S/C12H13BrN2O3S/c1-3-18-12-8-10(4-5-11(12)13)19(16,17)15-7-6-14-9(15)2/h4-8H,3H2,1-2H3. The maximum Gasteiger partial charge on any atom is 0.269 e. The molecule has 2 rings (SSSR count). The Bertz CT molecular complexity index is 695. The van der Waals surface area contributed by atoms with E-state index in [0.29, 0.717) is 18.2 Å². The number of imidazole rings is 1. The van der Waals surface area contributed by atoms with E-state index in [9.17, 15) is 8.42 Å². The molecule has 0 saturated heterocycles. The van der Waals surface area contributed by atoms with Crippen molar-refractivity contribution < 1.29 is 13.2 Å². The minimum Gasteiger partial charge on any atom is -0.493 e. The molecular weight excluding hydrogens is 332 g/mol. The molecule has 0 fully saturated rings. The first-order valence-corrected chi connectivity index (χ1v) is 7.88. The second-order valence-electron chi connectivity index (χ2n) is 3.80. The lowest BCUT2D eigenvalue weighted by Gasteiger charge is -2.10. The van der Waals surface area contributed by atoms with E-state index in [2.05, 4.69) is 20.9 Å². The molecule has 0 aliphatic heterocycles. The lowest BCUT2D eigenvalue weighted by atomic mass is 10.3. The van der Waals surface area contributed by atoms with Crippen molar-refractivity contribution in [3.63, 3.8) is 0 Å². The lowest BCUT2D eigenvalue weighted by molar-refractivity contribution is 0.337. The van der Waals surface area contributed by atoms with E-state index < -0.39 is 10.0 Å². The van der Waals surface area contributed by atoms with Crippen LogP contribution in [-0.2, 0) is 10.0 Å². The summed E-state index contributed by atoms with van der Waals surface area (Å²) in [5.74, 6) is 0.919. The Balaban J connectivity index is 2.53. The summed E-state index contributed by atoms with van der Waals surface area (Å²) in [6.07, 6.45) is 2.88. The van der Waals surface area contributed by atoms with Crippen LogP contribution in [0.4, 0.5) is 0 Å². The third kappa shape index (κ3) is 2.66. The predicted octanol–water partition coefficient (Wildman–Crippen LogP) is 2.59. The van der Waals surface area contributed by atoms with Gasteiger partial charge >= 0.3 is 0 Å². The minimum atomic E-state index is -3.63. The van der Waals surface area contributed by atoms with E-state index in [1.807, 2.05) is 6.92 Å². The molecular formula is C12H13BrN2O3S. The van der Waals surface area contributed by atoms with Gasteiger partial charge in [0, 0.05) is 18.5 Å². The summed E-state index contributed by atoms with van der Waals surface area (Å²) in [4.78, 5) is 4.09. The number of aromatic nitrogens is 2. The molecule has 1 aromatic heterocycles. The molecule has 1 aromatic carbocycles. The van der Waals surface area contributed by atoms with Crippen LogP contribution in [0, 0.1) is 6.92 Å². The first kappa shape index (κ1) is 14.1. The van der Waals surface area contributed by atoms with Crippen LogP contribution < -0.4 is 4.74 Å². The van der Waals surface area contributed by atoms with Gasteiger partial charge in [-0.25, -0.2) is 17.4 Å². The van der Waals surface area contributed by atoms with Crippen molar-refractivity contribution in [2.24, 2.45) is 0 Å². The molecule has 102 valence electrons. The molecule has 0 amide bonds. The van der Waals surface area contributed by atoms with Gasteiger partial charge in [0.15, 0.2) is 0 Å². The molecule has 0 saturated carbocycles. The highest BCUT2D eigenvalue weighted by Crippen LogP contribution is 2.29. The zero-order chi connectivity index (χ0) is 14.0. The highest BCUT2D eigenvalue weighted by molar-refractivity contribution is 9.10. The van der Waals surface area contributed by atoms with Gasteiger partial charge in [0.2, 0.25) is 0 Å². The fraction of sp³-hybridized carbons (Fsp3) is 0.250. The molecule has 0 unspecified atom stereocenters. The Kier molecular flexibility index (Phi) is 3.96. The van der Waals surface area contributed by atoms with Crippen LogP contribution in [0.3, 0.4) is 0 Å². The molecule has 0 aliphatic rings. The van der Waals surface area contributed by atoms with Crippen LogP contribution in [0.15, 0.2) is 40.0 Å². The molecule has 1 heterocycles. The van der Waals surface area contributed by atoms with Crippen molar-refractivity contribution in [3.8, 4) is 5.75 Å². The molecule has 19 heavy (non-hydrogen) atoms. The first-order valence-electron chi connectivity index (χ1n) is 5.64. The van der Waals surface area contributed by atoms with Crippen molar-refractivity contribution in [1.82, 2.24) is 8.96 Å². The van der Waals surface area contributed by atoms with Crippen LogP contribution >= 0.6 is 15.9 Å². The number of rotatable bonds is 4. The summed E-state index contributed by atoms with van der Waals surface area (Å²) in [5.41, 5.74) is 0. The van der Waals surface area contributed by atoms with Gasteiger partial charge in [0.25, 0.3) is 10.0 Å². The van der Waals surface area contributed by atoms with E-state index in [-0.39, 0.29) is 4.90 Å². The average Bonchev–Trinajstić information content (AvgIpc) is 2.79. The Morgan fingerprint density at radius 1 is 1.42 bits per heavy atom. The van der Waals surface area contributed by atoms with Crippen LogP contribution in [0.2, 0.25) is 0 Å². The second-order valence-corrected chi connectivity index (χ2v) is 6.47. The van der Waals surface area contributed by atoms with Crippen LogP contribution in [0.25, 0.3) is 0 Å². The zero-order valence-electron chi connectivity index (χ0n) is 10.5. The summed E-state index contributed by atoms with van der Waals surface area (Å²) < 4.78 is 32.1. The van der Waals surface area contributed by atoms with E-state index in [1.54, 1.807) is 13.0 Å². The zero-order valence-corrected chi connectivity index (χ0v) is 12.9. The number of halogens is 1. The Morgan fingerprint density at radius 2 is 2.16 bits per heavy atom. The molecule has 0 aliphatic carbocycles. The maximum atomic E-state index is 12.4. The van der Waals surface area contributed by atoms with Crippen LogP contribution in [0.1, 0.15) is 12.7 Å². The number of ether oxygens (including phenoxy) is 1. The van der Waals surface area contributed by atoms with E-state index >= 15 is 0 Å². The van der Waals surface area contributed by atoms with Gasteiger partial charge in [-0.2, -0.15) is 0 Å². The molecule has 2 aromatic rings. The van der Waals surface area contributed by atoms with Crippen LogP contribution in [-0.4, -0.2) is 24.0 Å². The maximum absolute atomic E-state index is 12.4. The number of hydrogen-bond acceptors (Lipinski definition) is 4. The Morgan fingerprint density at radius 3 is 2.74 bits per heavy atom. The molecule has 0 bridgehead atoms. The topological polar surface area (TPSA) is 61.2 Å². The molecule has 0 N–H and O–H groups in total. The fourth-order valence-electron chi connectivity index (χ4n) is 1.64. The molecule has 7 heteroatoms. The highest BCUT2D eigenvalue weighted by atomic mass is 79.9. The smallest absolute Gasteiger partial charge is 0.269 e. The van der Waals surface area contributed by atoms with Gasteiger partial charge in [-0.15, -0.1) is 0 Å². The Hall–Kier alpha value is -1.34. The minimum absolute atomic E-state index is 0.167. The molecule has 0 atom stereocenters. The lowest BCUT2D eigenvalue weighted by Crippen LogP contribution is -2.13. The quantitative estimate of drug-likeness (QED) is 0.855. The van der Waals surface area contributed by atoms with Gasteiger partial charge in [0.05, 0.1) is 16.0 Å². The third-order valence-corrected chi connectivity index (χ3v) is 4.95. The number of nitrogens with zero attached hydrogens (tertiary/aromatic N) is 2. The van der Waals surface area contributed by atoms with Gasteiger partial charge in [0.1, 0.15) is 11.6 Å².